The molecule has 1 amide bonds. The molecule has 8 heteroatoms. The standard InChI is InChI=1S/C17H21N5O3/c1-21-7-3-4-13(16(21)23)17(24)22-8-5-12(6-9-22)20-14-10-15(25-2)19-11-18-14/h3-4,7,10-12H,5-6,8-9H2,1-2H3,(H,18,19,20). The molecule has 2 aromatic rings. The van der Waals surface area contributed by atoms with Crippen LogP contribution in [0.25, 0.3) is 0 Å². The van der Waals surface area contributed by atoms with Crippen molar-refractivity contribution in [3.05, 3.63) is 46.6 Å². The van der Waals surface area contributed by atoms with Crippen LogP contribution < -0.4 is 15.6 Å². The number of nitrogens with one attached hydrogen (secondary N) is 1. The minimum Gasteiger partial charge on any atom is -0.481 e. The first-order valence-electron chi connectivity index (χ1n) is 8.16. The number of likely N-dealkylation sites (tertiary alicyclic amines) is 1. The first-order chi connectivity index (χ1) is 12.1. The van der Waals surface area contributed by atoms with Crippen molar-refractivity contribution < 1.29 is 9.53 Å². The van der Waals surface area contributed by atoms with Crippen molar-refractivity contribution in [2.45, 2.75) is 18.9 Å². The van der Waals surface area contributed by atoms with Crippen LogP contribution in [0.15, 0.2) is 35.5 Å². The summed E-state index contributed by atoms with van der Waals surface area (Å²) in [5, 5.41) is 3.34. The summed E-state index contributed by atoms with van der Waals surface area (Å²) in [6, 6.07) is 5.25. The maximum absolute atomic E-state index is 12.6. The topological polar surface area (TPSA) is 89.4 Å². The molecule has 0 bridgehead atoms. The number of anilines is 1. The van der Waals surface area contributed by atoms with E-state index in [0.717, 1.165) is 12.8 Å². The zero-order valence-electron chi connectivity index (χ0n) is 14.3. The third-order valence-corrected chi connectivity index (χ3v) is 4.34. The van der Waals surface area contributed by atoms with E-state index < -0.39 is 0 Å². The van der Waals surface area contributed by atoms with Gasteiger partial charge in [-0.05, 0) is 25.0 Å². The van der Waals surface area contributed by atoms with E-state index in [9.17, 15) is 9.59 Å². The maximum Gasteiger partial charge on any atom is 0.263 e. The minimum atomic E-state index is -0.263. The molecule has 0 saturated carbocycles. The van der Waals surface area contributed by atoms with Crippen LogP contribution in [0.2, 0.25) is 0 Å². The highest BCUT2D eigenvalue weighted by atomic mass is 16.5. The van der Waals surface area contributed by atoms with E-state index in [0.29, 0.717) is 24.8 Å². The number of aryl methyl sites for hydroxylation is 1. The SMILES string of the molecule is COc1cc(NC2CCN(C(=O)c3cccn(C)c3=O)CC2)ncn1. The molecule has 1 aliphatic rings. The lowest BCUT2D eigenvalue weighted by atomic mass is 10.0. The summed E-state index contributed by atoms with van der Waals surface area (Å²) < 4.78 is 6.51. The summed E-state index contributed by atoms with van der Waals surface area (Å²) in [5.41, 5.74) is -0.0437. The summed E-state index contributed by atoms with van der Waals surface area (Å²) in [4.78, 5) is 34.6. The molecule has 2 aromatic heterocycles. The van der Waals surface area contributed by atoms with Gasteiger partial charge in [-0.15, -0.1) is 0 Å². The smallest absolute Gasteiger partial charge is 0.263 e. The number of ether oxygens (including phenoxy) is 1. The van der Waals surface area contributed by atoms with Crippen molar-refractivity contribution in [3.63, 3.8) is 0 Å². The van der Waals surface area contributed by atoms with Crippen LogP contribution in [-0.4, -0.2) is 51.6 Å². The Kier molecular flexibility index (Phi) is 4.97. The quantitative estimate of drug-likeness (QED) is 0.887. The van der Waals surface area contributed by atoms with Crippen molar-refractivity contribution in [2.24, 2.45) is 7.05 Å². The zero-order chi connectivity index (χ0) is 17.8. The molecule has 1 aliphatic heterocycles. The number of hydrogen-bond acceptors (Lipinski definition) is 6. The van der Waals surface area contributed by atoms with Crippen molar-refractivity contribution in [3.8, 4) is 5.88 Å². The van der Waals surface area contributed by atoms with Crippen LogP contribution in [0.1, 0.15) is 23.2 Å². The number of nitrogens with zero attached hydrogens (tertiary/aromatic N) is 4. The second kappa shape index (κ2) is 7.33. The summed E-state index contributed by atoms with van der Waals surface area (Å²) in [6.07, 6.45) is 4.66. The molecule has 1 saturated heterocycles. The fraction of sp³-hybridized carbons (Fsp3) is 0.412. The van der Waals surface area contributed by atoms with Crippen molar-refractivity contribution in [1.29, 1.82) is 0 Å². The van der Waals surface area contributed by atoms with Gasteiger partial charge in [-0.3, -0.25) is 9.59 Å². The highest BCUT2D eigenvalue weighted by Gasteiger charge is 2.25. The Labute approximate surface area is 145 Å². The van der Waals surface area contributed by atoms with Gasteiger partial charge in [-0.2, -0.15) is 0 Å². The van der Waals surface area contributed by atoms with Crippen LogP contribution >= 0.6 is 0 Å². The largest absolute Gasteiger partial charge is 0.481 e. The number of pyridine rings is 1. The number of hydrogen-bond donors (Lipinski definition) is 1. The molecule has 3 heterocycles. The van der Waals surface area contributed by atoms with Gasteiger partial charge in [0, 0.05) is 38.4 Å². The number of methoxy groups -OCH3 is 1. The van der Waals surface area contributed by atoms with E-state index in [1.54, 1.807) is 43.5 Å². The number of piperidine rings is 1. The van der Waals surface area contributed by atoms with Crippen LogP contribution in [-0.2, 0) is 7.05 Å². The van der Waals surface area contributed by atoms with E-state index in [-0.39, 0.29) is 23.1 Å². The molecule has 1 fully saturated rings. The number of carbonyl (C=O) groups excluding carboxylic acids is 1. The number of amides is 1. The molecule has 132 valence electrons. The van der Waals surface area contributed by atoms with Gasteiger partial charge in [0.05, 0.1) is 7.11 Å². The lowest BCUT2D eigenvalue weighted by Gasteiger charge is -2.32. The Morgan fingerprint density at radius 2 is 2.08 bits per heavy atom. The molecular weight excluding hydrogens is 322 g/mol. The van der Waals surface area contributed by atoms with E-state index >= 15 is 0 Å². The Bertz CT molecular complexity index is 812. The molecule has 8 nitrogen and oxygen atoms in total. The Hall–Kier alpha value is -2.90. The van der Waals surface area contributed by atoms with Crippen LogP contribution in [0.4, 0.5) is 5.82 Å². The molecule has 0 aliphatic carbocycles. The molecule has 25 heavy (non-hydrogen) atoms. The van der Waals surface area contributed by atoms with Crippen LogP contribution in [0.5, 0.6) is 5.88 Å². The highest BCUT2D eigenvalue weighted by molar-refractivity contribution is 5.93. The average molecular weight is 343 g/mol. The lowest BCUT2D eigenvalue weighted by Crippen LogP contribution is -2.44. The summed E-state index contributed by atoms with van der Waals surface area (Å²) in [7, 11) is 3.20. The van der Waals surface area contributed by atoms with Crippen molar-refractivity contribution in [2.75, 3.05) is 25.5 Å². The number of aromatic nitrogens is 3. The Morgan fingerprint density at radius 3 is 2.80 bits per heavy atom. The molecule has 0 spiro atoms. The third kappa shape index (κ3) is 3.78. The van der Waals surface area contributed by atoms with E-state index in [2.05, 4.69) is 15.3 Å². The van der Waals surface area contributed by atoms with E-state index in [1.165, 1.54) is 10.9 Å². The second-order valence-corrected chi connectivity index (χ2v) is 5.99. The predicted molar refractivity (Wildman–Crippen MR) is 92.8 cm³/mol. The lowest BCUT2D eigenvalue weighted by molar-refractivity contribution is 0.0716. The molecular formula is C17H21N5O3. The van der Waals surface area contributed by atoms with E-state index in [1.807, 2.05) is 0 Å². The van der Waals surface area contributed by atoms with Gasteiger partial charge in [0.2, 0.25) is 5.88 Å². The predicted octanol–water partition coefficient (Wildman–Crippen LogP) is 0.901. The monoisotopic (exact) mass is 343 g/mol. The van der Waals surface area contributed by atoms with Gasteiger partial charge in [-0.25, -0.2) is 9.97 Å². The highest BCUT2D eigenvalue weighted by Crippen LogP contribution is 2.18. The van der Waals surface area contributed by atoms with Gasteiger partial charge in [-0.1, -0.05) is 0 Å². The summed E-state index contributed by atoms with van der Waals surface area (Å²) >= 11 is 0. The van der Waals surface area contributed by atoms with Gasteiger partial charge < -0.3 is 19.5 Å². The average Bonchev–Trinajstić information content (AvgIpc) is 2.64. The van der Waals surface area contributed by atoms with Gasteiger partial charge in [0.15, 0.2) is 0 Å². The molecule has 3 rings (SSSR count). The van der Waals surface area contributed by atoms with Crippen LogP contribution in [0.3, 0.4) is 0 Å². The fourth-order valence-electron chi connectivity index (χ4n) is 2.90. The number of carbonyl (C=O) groups is 1. The summed E-state index contributed by atoms with van der Waals surface area (Å²) in [5.74, 6) is 1.00. The Balaban J connectivity index is 1.60. The second-order valence-electron chi connectivity index (χ2n) is 5.99. The maximum atomic E-state index is 12.6. The molecule has 0 unspecified atom stereocenters. The molecule has 0 aromatic carbocycles. The zero-order valence-corrected chi connectivity index (χ0v) is 14.3. The third-order valence-electron chi connectivity index (χ3n) is 4.34. The van der Waals surface area contributed by atoms with Gasteiger partial charge in [0.1, 0.15) is 17.7 Å². The first kappa shape index (κ1) is 16.9. The van der Waals surface area contributed by atoms with Crippen molar-refractivity contribution in [1.82, 2.24) is 19.4 Å². The molecule has 0 atom stereocenters. The number of rotatable bonds is 4. The summed E-state index contributed by atoms with van der Waals surface area (Å²) in [6.45, 7) is 1.19. The normalized spacial score (nSPS) is 15.0. The van der Waals surface area contributed by atoms with E-state index in [4.69, 9.17) is 4.74 Å². The van der Waals surface area contributed by atoms with Crippen molar-refractivity contribution >= 4 is 11.7 Å². The first-order valence-corrected chi connectivity index (χ1v) is 8.16. The van der Waals surface area contributed by atoms with Crippen LogP contribution in [0, 0.1) is 0 Å². The minimum absolute atomic E-state index is 0.205. The fourth-order valence-corrected chi connectivity index (χ4v) is 2.90. The molecule has 1 N–H and O–H groups in total. The van der Waals surface area contributed by atoms with Gasteiger partial charge in [0.25, 0.3) is 11.5 Å². The molecule has 0 radical (unpaired) electrons. The van der Waals surface area contributed by atoms with Gasteiger partial charge >= 0.3 is 0 Å². The Morgan fingerprint density at radius 1 is 1.32 bits per heavy atom.